The first-order chi connectivity index (χ1) is 6.00. The first-order valence-electron chi connectivity index (χ1n) is 4.27. The van der Waals surface area contributed by atoms with Gasteiger partial charge in [-0.3, -0.25) is 0 Å². The van der Waals surface area contributed by atoms with Crippen LogP contribution >= 0.6 is 0 Å². The van der Waals surface area contributed by atoms with Crippen LogP contribution in [0.4, 0.5) is 0 Å². The smallest absolute Gasteiger partial charge is 0.144 e. The topological polar surface area (TPSA) is 54.5 Å². The molecule has 0 aromatic heterocycles. The monoisotopic (exact) mass is 257 g/mol. The molecule has 0 atom stereocenters. The van der Waals surface area contributed by atoms with Crippen LogP contribution in [0, 0.1) is 0 Å². The molecule has 5 heteroatoms. The van der Waals surface area contributed by atoms with E-state index in [1.807, 2.05) is 0 Å². The van der Waals surface area contributed by atoms with Crippen molar-refractivity contribution < 1.29 is 13.2 Å². The van der Waals surface area contributed by atoms with Crippen LogP contribution in [0.25, 0.3) is 0 Å². The van der Waals surface area contributed by atoms with Crippen molar-refractivity contribution in [1.82, 2.24) is 4.90 Å². The molecular weight excluding hydrogens is 226 g/mol. The SMILES string of the molecule is C.C.CC(C)=O.CCN(C)C.CS(C)(=O)=O. The van der Waals surface area contributed by atoms with E-state index in [0.717, 1.165) is 19.1 Å². The number of nitrogens with zero attached hydrogens (tertiary/aromatic N) is 1. The number of Topliss-reactive ketones (excluding diaryl/α,β-unsaturated/α-hetero) is 1. The van der Waals surface area contributed by atoms with Crippen molar-refractivity contribution in [2.24, 2.45) is 0 Å². The Balaban J connectivity index is -0.0000000358. The molecule has 0 spiro atoms. The van der Waals surface area contributed by atoms with E-state index >= 15 is 0 Å². The molecular formula is C11H31NO3S. The molecule has 0 radical (unpaired) electrons. The minimum absolute atomic E-state index is 0. The maximum atomic E-state index is 9.63. The van der Waals surface area contributed by atoms with Crippen LogP contribution in [-0.2, 0) is 14.6 Å². The standard InChI is InChI=1S/C4H11N.C3H6O.C2H6O2S.2CH4/c1-4-5(2)3;1-3(2)4;1-5(2,3)4;;/h4H2,1-3H3;1-2H3;1-2H3;2*1H4. The van der Waals surface area contributed by atoms with Gasteiger partial charge in [-0.15, -0.1) is 0 Å². The van der Waals surface area contributed by atoms with Crippen LogP contribution in [-0.4, -0.2) is 52.3 Å². The third-order valence-corrected chi connectivity index (χ3v) is 0.632. The number of carbonyl (C=O) groups excluding carboxylic acids is 1. The van der Waals surface area contributed by atoms with E-state index < -0.39 is 9.84 Å². The normalized spacial score (nSPS) is 8.25. The quantitative estimate of drug-likeness (QED) is 0.722. The Hall–Kier alpha value is -0.420. The van der Waals surface area contributed by atoms with Crippen molar-refractivity contribution >= 4 is 15.6 Å². The van der Waals surface area contributed by atoms with E-state index in [1.165, 1.54) is 13.8 Å². The molecule has 0 unspecified atom stereocenters. The maximum absolute atomic E-state index is 9.63. The molecule has 0 aliphatic rings. The second-order valence-electron chi connectivity index (χ2n) is 3.45. The number of hydrogen-bond donors (Lipinski definition) is 0. The number of rotatable bonds is 1. The minimum atomic E-state index is -2.67. The fourth-order valence-corrected chi connectivity index (χ4v) is 0. The van der Waals surface area contributed by atoms with Gasteiger partial charge in [-0.25, -0.2) is 8.42 Å². The Morgan fingerprint density at radius 2 is 1.12 bits per heavy atom. The van der Waals surface area contributed by atoms with Crippen molar-refractivity contribution in [3.05, 3.63) is 0 Å². The first-order valence-corrected chi connectivity index (χ1v) is 6.57. The lowest BCUT2D eigenvalue weighted by atomic mass is 10.6. The Labute approximate surface area is 103 Å². The highest BCUT2D eigenvalue weighted by atomic mass is 32.2. The highest BCUT2D eigenvalue weighted by Crippen LogP contribution is 1.63. The van der Waals surface area contributed by atoms with Crippen molar-refractivity contribution in [2.75, 3.05) is 33.2 Å². The number of sulfone groups is 1. The molecule has 0 amide bonds. The van der Waals surface area contributed by atoms with Gasteiger partial charge >= 0.3 is 0 Å². The lowest BCUT2D eigenvalue weighted by molar-refractivity contribution is -0.114. The molecule has 0 saturated carbocycles. The zero-order valence-corrected chi connectivity index (χ0v) is 11.1. The molecule has 0 bridgehead atoms. The van der Waals surface area contributed by atoms with Crippen LogP contribution in [0.3, 0.4) is 0 Å². The first kappa shape index (κ1) is 29.6. The molecule has 0 N–H and O–H groups in total. The van der Waals surface area contributed by atoms with Crippen LogP contribution in [0.1, 0.15) is 35.6 Å². The fraction of sp³-hybridized carbons (Fsp3) is 0.909. The van der Waals surface area contributed by atoms with Gasteiger partial charge in [0.1, 0.15) is 15.6 Å². The molecule has 0 fully saturated rings. The van der Waals surface area contributed by atoms with Gasteiger partial charge in [-0.05, 0) is 34.5 Å². The summed E-state index contributed by atoms with van der Waals surface area (Å²) in [7, 11) is 1.44. The van der Waals surface area contributed by atoms with Gasteiger partial charge in [-0.1, -0.05) is 21.8 Å². The van der Waals surface area contributed by atoms with E-state index in [9.17, 15) is 13.2 Å². The van der Waals surface area contributed by atoms with Crippen LogP contribution in [0.15, 0.2) is 0 Å². The van der Waals surface area contributed by atoms with Crippen molar-refractivity contribution in [3.8, 4) is 0 Å². The highest BCUT2D eigenvalue weighted by molar-refractivity contribution is 7.89. The van der Waals surface area contributed by atoms with Gasteiger partial charge in [-0.2, -0.15) is 0 Å². The van der Waals surface area contributed by atoms with Crippen LogP contribution < -0.4 is 0 Å². The molecule has 0 aliphatic carbocycles. The Bertz CT molecular complexity index is 209. The molecule has 0 rings (SSSR count). The maximum Gasteiger partial charge on any atom is 0.144 e. The number of hydrogen-bond acceptors (Lipinski definition) is 4. The summed E-state index contributed by atoms with van der Waals surface area (Å²) < 4.78 is 19.3. The van der Waals surface area contributed by atoms with E-state index in [-0.39, 0.29) is 20.6 Å². The molecule has 104 valence electrons. The summed E-state index contributed by atoms with van der Waals surface area (Å²) in [4.78, 5) is 11.6. The van der Waals surface area contributed by atoms with Gasteiger partial charge in [0.2, 0.25) is 0 Å². The summed E-state index contributed by atoms with van der Waals surface area (Å²) in [5.74, 6) is 0.167. The summed E-state index contributed by atoms with van der Waals surface area (Å²) in [6.07, 6.45) is 2.32. The minimum Gasteiger partial charge on any atom is -0.310 e. The predicted octanol–water partition coefficient (Wildman–Crippen LogP) is 2.10. The van der Waals surface area contributed by atoms with Crippen LogP contribution in [0.5, 0.6) is 0 Å². The number of carbonyl (C=O) groups is 1. The third-order valence-electron chi connectivity index (χ3n) is 0.632. The van der Waals surface area contributed by atoms with E-state index in [0.29, 0.717) is 0 Å². The van der Waals surface area contributed by atoms with Crippen molar-refractivity contribution in [3.63, 3.8) is 0 Å². The second kappa shape index (κ2) is 17.0. The predicted molar refractivity (Wildman–Crippen MR) is 74.8 cm³/mol. The summed E-state index contributed by atoms with van der Waals surface area (Å²) >= 11 is 0. The average Bonchev–Trinajstić information content (AvgIpc) is 1.82. The lowest BCUT2D eigenvalue weighted by Crippen LogP contribution is -2.08. The molecule has 4 nitrogen and oxygen atoms in total. The Morgan fingerprint density at radius 3 is 1.12 bits per heavy atom. The zero-order valence-electron chi connectivity index (χ0n) is 10.3. The van der Waals surface area contributed by atoms with Gasteiger partial charge in [0.05, 0.1) is 0 Å². The van der Waals surface area contributed by atoms with Gasteiger partial charge in [0, 0.05) is 12.5 Å². The number of ketones is 1. The average molecular weight is 257 g/mol. The molecule has 16 heavy (non-hydrogen) atoms. The van der Waals surface area contributed by atoms with E-state index in [2.05, 4.69) is 25.9 Å². The van der Waals surface area contributed by atoms with E-state index in [1.54, 1.807) is 0 Å². The van der Waals surface area contributed by atoms with Crippen molar-refractivity contribution in [1.29, 1.82) is 0 Å². The van der Waals surface area contributed by atoms with Gasteiger partial charge in [0.25, 0.3) is 0 Å². The lowest BCUT2D eigenvalue weighted by Gasteiger charge is -2.00. The molecule has 0 aromatic rings. The third kappa shape index (κ3) is 861. The fourth-order valence-electron chi connectivity index (χ4n) is 0. The molecule has 0 aliphatic heterocycles. The van der Waals surface area contributed by atoms with Crippen molar-refractivity contribution in [2.45, 2.75) is 35.6 Å². The summed E-state index contributed by atoms with van der Waals surface area (Å²) in [6, 6.07) is 0. The zero-order chi connectivity index (χ0) is 12.4. The summed E-state index contributed by atoms with van der Waals surface area (Å²) in [6.45, 7) is 6.32. The molecule has 0 aromatic carbocycles. The largest absolute Gasteiger partial charge is 0.310 e. The second-order valence-corrected chi connectivity index (χ2v) is 5.73. The van der Waals surface area contributed by atoms with Gasteiger partial charge in [0.15, 0.2) is 0 Å². The van der Waals surface area contributed by atoms with E-state index in [4.69, 9.17) is 0 Å². The molecule has 0 saturated heterocycles. The van der Waals surface area contributed by atoms with Crippen LogP contribution in [0.2, 0.25) is 0 Å². The summed E-state index contributed by atoms with van der Waals surface area (Å²) in [5.41, 5.74) is 0. The summed E-state index contributed by atoms with van der Waals surface area (Å²) in [5, 5.41) is 0. The van der Waals surface area contributed by atoms with Gasteiger partial charge < -0.3 is 9.69 Å². The Kier molecular flexibility index (Phi) is 31.4. The Morgan fingerprint density at radius 1 is 1.06 bits per heavy atom. The highest BCUT2D eigenvalue weighted by Gasteiger charge is 1.79. The molecule has 0 heterocycles.